The molecule has 0 fully saturated rings. The zero-order valence-electron chi connectivity index (χ0n) is 8.01. The molecule has 1 atom stereocenters. The van der Waals surface area contributed by atoms with E-state index < -0.39 is 0 Å². The van der Waals surface area contributed by atoms with Gasteiger partial charge in [0.15, 0.2) is 0 Å². The molecule has 0 aliphatic carbocycles. The zero-order chi connectivity index (χ0) is 8.81. The SMILES string of the molecule is C/C=C1/CCCCC=NC(C)N1. The van der Waals surface area contributed by atoms with E-state index in [1.54, 1.807) is 0 Å². The number of nitrogens with zero attached hydrogens (tertiary/aromatic N) is 1. The van der Waals surface area contributed by atoms with Crippen molar-refractivity contribution in [3.63, 3.8) is 0 Å². The van der Waals surface area contributed by atoms with Gasteiger partial charge in [-0.25, -0.2) is 0 Å². The van der Waals surface area contributed by atoms with E-state index in [-0.39, 0.29) is 6.17 Å². The van der Waals surface area contributed by atoms with E-state index in [4.69, 9.17) is 0 Å². The number of allylic oxidation sites excluding steroid dienone is 2. The molecule has 2 nitrogen and oxygen atoms in total. The van der Waals surface area contributed by atoms with E-state index in [0.29, 0.717) is 0 Å². The van der Waals surface area contributed by atoms with E-state index in [1.165, 1.54) is 25.0 Å². The second-order valence-corrected chi connectivity index (χ2v) is 3.21. The molecule has 0 radical (unpaired) electrons. The zero-order valence-corrected chi connectivity index (χ0v) is 8.01. The van der Waals surface area contributed by atoms with E-state index in [9.17, 15) is 0 Å². The molecular weight excluding hydrogens is 148 g/mol. The highest BCUT2D eigenvalue weighted by Crippen LogP contribution is 2.08. The highest BCUT2D eigenvalue weighted by molar-refractivity contribution is 5.57. The largest absolute Gasteiger partial charge is 0.368 e. The summed E-state index contributed by atoms with van der Waals surface area (Å²) in [6.07, 6.45) is 9.26. The molecule has 0 aromatic carbocycles. The molecular formula is C10H18N2. The van der Waals surface area contributed by atoms with Crippen LogP contribution in [0, 0.1) is 0 Å². The minimum atomic E-state index is 0.245. The second kappa shape index (κ2) is 4.96. The first-order chi connectivity index (χ1) is 5.83. The summed E-state index contributed by atoms with van der Waals surface area (Å²) >= 11 is 0. The van der Waals surface area contributed by atoms with Crippen LogP contribution >= 0.6 is 0 Å². The lowest BCUT2D eigenvalue weighted by Crippen LogP contribution is -2.22. The summed E-state index contributed by atoms with van der Waals surface area (Å²) in [5.41, 5.74) is 1.33. The standard InChI is InChI=1S/C10H18N2/c1-3-10-7-5-4-6-8-11-9(2)12-10/h3,8-9,12H,4-7H2,1-2H3/b10-3-,11-8?. The van der Waals surface area contributed by atoms with Gasteiger partial charge in [-0.05, 0) is 39.5 Å². The molecule has 1 aliphatic rings. The van der Waals surface area contributed by atoms with E-state index >= 15 is 0 Å². The molecule has 12 heavy (non-hydrogen) atoms. The maximum atomic E-state index is 4.36. The molecule has 1 N–H and O–H groups in total. The van der Waals surface area contributed by atoms with Crippen LogP contribution in [0.1, 0.15) is 39.5 Å². The summed E-state index contributed by atoms with van der Waals surface area (Å²) in [4.78, 5) is 4.36. The Morgan fingerprint density at radius 3 is 3.17 bits per heavy atom. The van der Waals surface area contributed by atoms with Gasteiger partial charge in [0, 0.05) is 11.9 Å². The Kier molecular flexibility index (Phi) is 3.85. The van der Waals surface area contributed by atoms with E-state index in [0.717, 1.165) is 6.42 Å². The van der Waals surface area contributed by atoms with Crippen LogP contribution in [0.15, 0.2) is 16.8 Å². The third-order valence-corrected chi connectivity index (χ3v) is 2.10. The molecule has 0 aromatic heterocycles. The molecule has 1 aliphatic heterocycles. The lowest BCUT2D eigenvalue weighted by molar-refractivity contribution is 0.615. The van der Waals surface area contributed by atoms with Crippen LogP contribution in [-0.2, 0) is 0 Å². The van der Waals surface area contributed by atoms with Crippen molar-refractivity contribution < 1.29 is 0 Å². The molecule has 0 bridgehead atoms. The normalized spacial score (nSPS) is 28.8. The number of nitrogens with one attached hydrogen (secondary N) is 1. The van der Waals surface area contributed by atoms with Crippen LogP contribution in [0.2, 0.25) is 0 Å². The molecule has 0 aromatic rings. The Balaban J connectivity index is 2.53. The van der Waals surface area contributed by atoms with Gasteiger partial charge in [0.2, 0.25) is 0 Å². The van der Waals surface area contributed by atoms with Crippen LogP contribution in [0.25, 0.3) is 0 Å². The Morgan fingerprint density at radius 1 is 1.58 bits per heavy atom. The number of hydrogen-bond acceptors (Lipinski definition) is 2. The van der Waals surface area contributed by atoms with Gasteiger partial charge < -0.3 is 5.32 Å². The lowest BCUT2D eigenvalue weighted by atomic mass is 10.1. The maximum Gasteiger partial charge on any atom is 0.115 e. The van der Waals surface area contributed by atoms with Gasteiger partial charge in [-0.2, -0.15) is 0 Å². The quantitative estimate of drug-likeness (QED) is 0.587. The van der Waals surface area contributed by atoms with Crippen LogP contribution in [0.5, 0.6) is 0 Å². The Hall–Kier alpha value is -0.790. The molecule has 1 heterocycles. The van der Waals surface area contributed by atoms with Gasteiger partial charge in [0.1, 0.15) is 6.17 Å². The van der Waals surface area contributed by atoms with Gasteiger partial charge in [-0.15, -0.1) is 0 Å². The predicted octanol–water partition coefficient (Wildman–Crippen LogP) is 2.47. The minimum absolute atomic E-state index is 0.245. The Morgan fingerprint density at radius 2 is 2.42 bits per heavy atom. The van der Waals surface area contributed by atoms with Crippen LogP contribution in [0.3, 0.4) is 0 Å². The predicted molar refractivity (Wildman–Crippen MR) is 53.3 cm³/mol. The molecule has 1 rings (SSSR count). The fraction of sp³-hybridized carbons (Fsp3) is 0.700. The fourth-order valence-electron chi connectivity index (χ4n) is 1.39. The highest BCUT2D eigenvalue weighted by Gasteiger charge is 2.02. The summed E-state index contributed by atoms with van der Waals surface area (Å²) in [6, 6.07) is 0. The fourth-order valence-corrected chi connectivity index (χ4v) is 1.39. The average molecular weight is 166 g/mol. The van der Waals surface area contributed by atoms with Crippen molar-refractivity contribution in [2.24, 2.45) is 4.99 Å². The van der Waals surface area contributed by atoms with Crippen molar-refractivity contribution in [1.29, 1.82) is 0 Å². The first-order valence-electron chi connectivity index (χ1n) is 4.76. The van der Waals surface area contributed by atoms with Crippen molar-refractivity contribution in [1.82, 2.24) is 5.32 Å². The third-order valence-electron chi connectivity index (χ3n) is 2.10. The molecule has 2 heteroatoms. The molecule has 0 saturated carbocycles. The van der Waals surface area contributed by atoms with Crippen molar-refractivity contribution in [3.05, 3.63) is 11.8 Å². The molecule has 0 saturated heterocycles. The molecule has 0 amide bonds. The highest BCUT2D eigenvalue weighted by atomic mass is 15.1. The van der Waals surface area contributed by atoms with Crippen LogP contribution in [-0.4, -0.2) is 12.4 Å². The number of rotatable bonds is 0. The van der Waals surface area contributed by atoms with Crippen molar-refractivity contribution >= 4 is 6.21 Å². The third kappa shape index (κ3) is 3.07. The van der Waals surface area contributed by atoms with Crippen molar-refractivity contribution in [2.75, 3.05) is 0 Å². The molecule has 68 valence electrons. The number of hydrogen-bond donors (Lipinski definition) is 1. The lowest BCUT2D eigenvalue weighted by Gasteiger charge is -2.12. The average Bonchev–Trinajstić information content (AvgIpc) is 2.16. The topological polar surface area (TPSA) is 24.4 Å². The summed E-state index contributed by atoms with van der Waals surface area (Å²) in [5.74, 6) is 0. The van der Waals surface area contributed by atoms with Gasteiger partial charge in [0.05, 0.1) is 0 Å². The van der Waals surface area contributed by atoms with Gasteiger partial charge in [0.25, 0.3) is 0 Å². The monoisotopic (exact) mass is 166 g/mol. The van der Waals surface area contributed by atoms with Gasteiger partial charge in [-0.3, -0.25) is 4.99 Å². The summed E-state index contributed by atoms with van der Waals surface area (Å²) in [6.45, 7) is 4.17. The summed E-state index contributed by atoms with van der Waals surface area (Å²) < 4.78 is 0. The van der Waals surface area contributed by atoms with Crippen LogP contribution in [0.4, 0.5) is 0 Å². The van der Waals surface area contributed by atoms with Crippen LogP contribution < -0.4 is 5.32 Å². The first kappa shape index (κ1) is 9.30. The Labute approximate surface area is 74.8 Å². The van der Waals surface area contributed by atoms with Crippen molar-refractivity contribution in [3.8, 4) is 0 Å². The van der Waals surface area contributed by atoms with Crippen molar-refractivity contribution in [2.45, 2.75) is 45.7 Å². The van der Waals surface area contributed by atoms with E-state index in [1.807, 2.05) is 6.21 Å². The van der Waals surface area contributed by atoms with Gasteiger partial charge in [-0.1, -0.05) is 6.08 Å². The Bertz CT molecular complexity index is 182. The maximum absolute atomic E-state index is 4.36. The number of aliphatic imine (C=N–C) groups is 1. The first-order valence-corrected chi connectivity index (χ1v) is 4.76. The van der Waals surface area contributed by atoms with Gasteiger partial charge >= 0.3 is 0 Å². The smallest absolute Gasteiger partial charge is 0.115 e. The summed E-state index contributed by atoms with van der Waals surface area (Å²) in [7, 11) is 0. The molecule has 1 unspecified atom stereocenters. The van der Waals surface area contributed by atoms with E-state index in [2.05, 4.69) is 30.2 Å². The second-order valence-electron chi connectivity index (χ2n) is 3.21. The molecule has 0 spiro atoms. The minimum Gasteiger partial charge on any atom is -0.368 e. The summed E-state index contributed by atoms with van der Waals surface area (Å²) in [5, 5.41) is 3.37.